The molecule has 1 aromatic rings. The van der Waals surface area contributed by atoms with E-state index in [9.17, 15) is 4.39 Å². The molecule has 0 aromatic heterocycles. The Balaban J connectivity index is 0.00000338. The highest BCUT2D eigenvalue weighted by atomic mass is 127. The number of rotatable bonds is 8. The number of hydrogen-bond donors (Lipinski definition) is 2. The van der Waals surface area contributed by atoms with Crippen LogP contribution in [0.2, 0.25) is 0 Å². The van der Waals surface area contributed by atoms with Gasteiger partial charge in [-0.3, -0.25) is 4.90 Å². The number of nitrogens with one attached hydrogen (secondary N) is 2. The highest BCUT2D eigenvalue weighted by molar-refractivity contribution is 14.0. The van der Waals surface area contributed by atoms with E-state index in [0.717, 1.165) is 51.9 Å². The zero-order valence-corrected chi connectivity index (χ0v) is 17.9. The molecule has 0 bridgehead atoms. The molecule has 2 N–H and O–H groups in total. The normalized spacial score (nSPS) is 16.5. The Morgan fingerprint density at radius 2 is 2.04 bits per heavy atom. The van der Waals surface area contributed by atoms with Crippen molar-refractivity contribution in [2.45, 2.75) is 20.0 Å². The van der Waals surface area contributed by atoms with Crippen molar-refractivity contribution < 1.29 is 13.9 Å². The molecule has 0 aliphatic carbocycles. The average Bonchev–Trinajstić information content (AvgIpc) is 2.62. The number of para-hydroxylation sites is 1. The number of hydrogen-bond acceptors (Lipinski definition) is 4. The van der Waals surface area contributed by atoms with Crippen LogP contribution in [0.25, 0.3) is 0 Å². The van der Waals surface area contributed by atoms with E-state index in [1.807, 2.05) is 13.8 Å². The molecule has 1 saturated heterocycles. The molecule has 0 spiro atoms. The SMILES string of the molecule is CCNC(=NCC(C)Oc1ccccc1F)NCCN1CCOCC1.I. The first-order valence-corrected chi connectivity index (χ1v) is 8.92. The van der Waals surface area contributed by atoms with Gasteiger partial charge in [0.05, 0.1) is 19.8 Å². The minimum Gasteiger partial charge on any atom is -0.486 e. The Labute approximate surface area is 172 Å². The summed E-state index contributed by atoms with van der Waals surface area (Å²) in [5.74, 6) is 0.657. The molecule has 1 atom stereocenters. The molecule has 2 rings (SSSR count). The number of nitrogens with zero attached hydrogens (tertiary/aromatic N) is 2. The topological polar surface area (TPSA) is 58.1 Å². The van der Waals surface area contributed by atoms with Crippen molar-refractivity contribution in [1.29, 1.82) is 0 Å². The number of ether oxygens (including phenoxy) is 2. The lowest BCUT2D eigenvalue weighted by Crippen LogP contribution is -2.44. The summed E-state index contributed by atoms with van der Waals surface area (Å²) in [7, 11) is 0. The van der Waals surface area contributed by atoms with Crippen LogP contribution in [0.15, 0.2) is 29.3 Å². The third-order valence-corrected chi connectivity index (χ3v) is 3.84. The van der Waals surface area contributed by atoms with Crippen LogP contribution in [0.5, 0.6) is 5.75 Å². The molecular weight excluding hydrogens is 450 g/mol. The van der Waals surface area contributed by atoms with E-state index in [1.165, 1.54) is 6.07 Å². The molecule has 26 heavy (non-hydrogen) atoms. The monoisotopic (exact) mass is 480 g/mol. The van der Waals surface area contributed by atoms with Gasteiger partial charge in [0.1, 0.15) is 6.10 Å². The fourth-order valence-corrected chi connectivity index (χ4v) is 2.51. The van der Waals surface area contributed by atoms with Crippen molar-refractivity contribution in [3.05, 3.63) is 30.1 Å². The summed E-state index contributed by atoms with van der Waals surface area (Å²) in [5, 5.41) is 6.54. The van der Waals surface area contributed by atoms with Gasteiger partial charge in [0.2, 0.25) is 0 Å². The Hall–Kier alpha value is -1.13. The smallest absolute Gasteiger partial charge is 0.191 e. The molecule has 0 radical (unpaired) electrons. The molecule has 0 amide bonds. The molecule has 1 heterocycles. The standard InChI is InChI=1S/C18H29FN4O2.HI/c1-3-20-18(21-8-9-23-10-12-24-13-11-23)22-14-15(2)25-17-7-5-4-6-16(17)19;/h4-7,15H,3,8-14H2,1-2H3,(H2,20,21,22);1H. The lowest BCUT2D eigenvalue weighted by molar-refractivity contribution is 0.0389. The van der Waals surface area contributed by atoms with Crippen molar-refractivity contribution in [3.8, 4) is 5.75 Å². The fourth-order valence-electron chi connectivity index (χ4n) is 2.51. The first-order valence-electron chi connectivity index (χ1n) is 8.92. The molecule has 148 valence electrons. The van der Waals surface area contributed by atoms with Gasteiger partial charge in [0, 0.05) is 32.7 Å². The summed E-state index contributed by atoms with van der Waals surface area (Å²) in [5.41, 5.74) is 0. The number of benzene rings is 1. The Kier molecular flexibility index (Phi) is 11.5. The van der Waals surface area contributed by atoms with Gasteiger partial charge >= 0.3 is 0 Å². The van der Waals surface area contributed by atoms with E-state index in [0.29, 0.717) is 6.54 Å². The summed E-state index contributed by atoms with van der Waals surface area (Å²) in [6.45, 7) is 10.5. The highest BCUT2D eigenvalue weighted by Crippen LogP contribution is 2.16. The molecule has 1 fully saturated rings. The minimum atomic E-state index is -0.353. The maximum atomic E-state index is 13.6. The zero-order chi connectivity index (χ0) is 17.9. The van der Waals surface area contributed by atoms with Gasteiger partial charge in [-0.1, -0.05) is 12.1 Å². The number of aliphatic imine (C=N–C) groups is 1. The Morgan fingerprint density at radius 3 is 2.73 bits per heavy atom. The lowest BCUT2D eigenvalue weighted by atomic mass is 10.3. The number of guanidine groups is 1. The zero-order valence-electron chi connectivity index (χ0n) is 15.5. The second-order valence-corrected chi connectivity index (χ2v) is 5.96. The van der Waals surface area contributed by atoms with Gasteiger partial charge in [0.15, 0.2) is 17.5 Å². The molecule has 8 heteroatoms. The molecule has 1 unspecified atom stereocenters. The Morgan fingerprint density at radius 1 is 1.31 bits per heavy atom. The van der Waals surface area contributed by atoms with Crippen LogP contribution in [-0.2, 0) is 4.74 Å². The summed E-state index contributed by atoms with van der Waals surface area (Å²) >= 11 is 0. The van der Waals surface area contributed by atoms with Crippen molar-refractivity contribution in [2.75, 3.05) is 52.5 Å². The van der Waals surface area contributed by atoms with Gasteiger partial charge in [-0.2, -0.15) is 0 Å². The predicted octanol–water partition coefficient (Wildman–Crippen LogP) is 2.10. The molecule has 1 aliphatic rings. The van der Waals surface area contributed by atoms with Crippen LogP contribution in [-0.4, -0.2) is 69.4 Å². The Bertz CT molecular complexity index is 542. The second-order valence-electron chi connectivity index (χ2n) is 5.96. The van der Waals surface area contributed by atoms with Crippen LogP contribution < -0.4 is 15.4 Å². The molecule has 1 aliphatic heterocycles. The van der Waals surface area contributed by atoms with Crippen LogP contribution in [0.4, 0.5) is 4.39 Å². The molecule has 1 aromatic carbocycles. The van der Waals surface area contributed by atoms with E-state index >= 15 is 0 Å². The molecule has 0 saturated carbocycles. The first kappa shape index (κ1) is 22.9. The third-order valence-electron chi connectivity index (χ3n) is 3.84. The fraction of sp³-hybridized carbons (Fsp3) is 0.611. The van der Waals surface area contributed by atoms with Crippen LogP contribution in [0.3, 0.4) is 0 Å². The summed E-state index contributed by atoms with van der Waals surface area (Å²) in [6, 6.07) is 6.42. The van der Waals surface area contributed by atoms with E-state index in [4.69, 9.17) is 9.47 Å². The maximum Gasteiger partial charge on any atom is 0.191 e. The summed E-state index contributed by atoms with van der Waals surface area (Å²) in [4.78, 5) is 6.89. The van der Waals surface area contributed by atoms with Gasteiger partial charge in [-0.25, -0.2) is 9.38 Å². The van der Waals surface area contributed by atoms with Crippen molar-refractivity contribution >= 4 is 29.9 Å². The van der Waals surface area contributed by atoms with Crippen LogP contribution >= 0.6 is 24.0 Å². The molecular formula is C18H30FIN4O2. The first-order chi connectivity index (χ1) is 12.2. The summed E-state index contributed by atoms with van der Waals surface area (Å²) in [6.07, 6.45) is -0.216. The summed E-state index contributed by atoms with van der Waals surface area (Å²) < 4.78 is 24.6. The van der Waals surface area contributed by atoms with Crippen molar-refractivity contribution in [2.24, 2.45) is 4.99 Å². The highest BCUT2D eigenvalue weighted by Gasteiger charge is 2.10. The van der Waals surface area contributed by atoms with Crippen LogP contribution in [0.1, 0.15) is 13.8 Å². The van der Waals surface area contributed by atoms with Gasteiger partial charge in [-0.05, 0) is 26.0 Å². The average molecular weight is 480 g/mol. The number of morpholine rings is 1. The third kappa shape index (κ3) is 8.50. The van der Waals surface area contributed by atoms with Gasteiger partial charge in [-0.15, -0.1) is 24.0 Å². The van der Waals surface area contributed by atoms with Crippen molar-refractivity contribution in [3.63, 3.8) is 0 Å². The van der Waals surface area contributed by atoms with E-state index in [2.05, 4.69) is 20.5 Å². The quantitative estimate of drug-likeness (QED) is 0.339. The van der Waals surface area contributed by atoms with Crippen LogP contribution in [0, 0.1) is 5.82 Å². The number of halogens is 2. The largest absolute Gasteiger partial charge is 0.486 e. The molecule has 6 nitrogen and oxygen atoms in total. The van der Waals surface area contributed by atoms with Gasteiger partial charge < -0.3 is 20.1 Å². The second kappa shape index (κ2) is 13.1. The van der Waals surface area contributed by atoms with E-state index in [-0.39, 0.29) is 41.6 Å². The predicted molar refractivity (Wildman–Crippen MR) is 113 cm³/mol. The van der Waals surface area contributed by atoms with Crippen molar-refractivity contribution in [1.82, 2.24) is 15.5 Å². The van der Waals surface area contributed by atoms with E-state index < -0.39 is 0 Å². The minimum absolute atomic E-state index is 0. The van der Waals surface area contributed by atoms with Gasteiger partial charge in [0.25, 0.3) is 0 Å². The lowest BCUT2D eigenvalue weighted by Gasteiger charge is -2.26. The maximum absolute atomic E-state index is 13.6. The van der Waals surface area contributed by atoms with E-state index in [1.54, 1.807) is 18.2 Å².